The number of aromatic nitrogens is 2. The van der Waals surface area contributed by atoms with Crippen molar-refractivity contribution in [3.63, 3.8) is 0 Å². The van der Waals surface area contributed by atoms with Crippen LogP contribution in [0.4, 0.5) is 10.6 Å². The Bertz CT molecular complexity index is 1000. The zero-order valence-corrected chi connectivity index (χ0v) is 18.5. The fourth-order valence-electron chi connectivity index (χ4n) is 5.15. The number of fused-ring (bicyclic) bond motifs is 1. The highest BCUT2D eigenvalue weighted by atomic mass is 16.2. The molecule has 32 heavy (non-hydrogen) atoms. The second-order valence-corrected chi connectivity index (χ2v) is 9.04. The van der Waals surface area contributed by atoms with E-state index < -0.39 is 5.69 Å². The number of carbonyl (C=O) groups is 1. The molecular weight excluding hydrogens is 406 g/mol. The molecule has 2 aliphatic heterocycles. The topological polar surface area (TPSA) is 94.5 Å². The van der Waals surface area contributed by atoms with E-state index >= 15 is 0 Å². The molecule has 3 fully saturated rings. The van der Waals surface area contributed by atoms with Crippen LogP contribution >= 0.6 is 0 Å². The number of hydrogen-bond acceptors (Lipinski definition) is 6. The minimum Gasteiger partial charge on any atom is -0.322 e. The molecule has 3 N–H and O–H groups in total. The monoisotopic (exact) mass is 437 g/mol. The highest BCUT2D eigenvalue weighted by Crippen LogP contribution is 2.51. The number of piperidine rings is 1. The van der Waals surface area contributed by atoms with E-state index in [9.17, 15) is 9.59 Å². The van der Waals surface area contributed by atoms with Crippen molar-refractivity contribution in [1.29, 1.82) is 0 Å². The van der Waals surface area contributed by atoms with Crippen molar-refractivity contribution < 1.29 is 4.79 Å². The molecule has 9 nitrogen and oxygen atoms in total. The minimum atomic E-state index is -0.411. The van der Waals surface area contributed by atoms with Crippen LogP contribution < -0.4 is 21.6 Å². The van der Waals surface area contributed by atoms with Crippen LogP contribution in [0.3, 0.4) is 0 Å². The first-order valence-corrected chi connectivity index (χ1v) is 11.4. The molecular formula is C23H31N7O2. The number of likely N-dealkylation sites (tertiary alicyclic amines) is 1. The van der Waals surface area contributed by atoms with Crippen LogP contribution in [0.25, 0.3) is 5.69 Å². The lowest BCUT2D eigenvalue weighted by atomic mass is 10.1. The molecule has 3 heterocycles. The second kappa shape index (κ2) is 9.01. The molecule has 2 aromatic rings. The van der Waals surface area contributed by atoms with Crippen LogP contribution in [-0.2, 0) is 6.54 Å². The van der Waals surface area contributed by atoms with Crippen LogP contribution in [-0.4, -0.2) is 78.2 Å². The van der Waals surface area contributed by atoms with Gasteiger partial charge in [0, 0.05) is 52.0 Å². The third kappa shape index (κ3) is 4.41. The lowest BCUT2D eigenvalue weighted by molar-refractivity contribution is 0.204. The second-order valence-electron chi connectivity index (χ2n) is 9.04. The summed E-state index contributed by atoms with van der Waals surface area (Å²) in [5, 5.41) is 9.23. The number of nitrogens with zero attached hydrogens (tertiary/aromatic N) is 4. The number of amides is 2. The van der Waals surface area contributed by atoms with Crippen molar-refractivity contribution in [3.8, 4) is 5.69 Å². The van der Waals surface area contributed by atoms with Gasteiger partial charge in [0.05, 0.1) is 5.69 Å². The normalized spacial score (nSPS) is 24.9. The van der Waals surface area contributed by atoms with Crippen LogP contribution in [0.2, 0.25) is 0 Å². The maximum Gasteiger partial charge on any atom is 0.354 e. The van der Waals surface area contributed by atoms with Gasteiger partial charge in [0.15, 0.2) is 0 Å². The highest BCUT2D eigenvalue weighted by Gasteiger charge is 2.54. The minimum absolute atomic E-state index is 0.225. The molecule has 2 atom stereocenters. The van der Waals surface area contributed by atoms with Gasteiger partial charge in [0.2, 0.25) is 0 Å². The Kier molecular flexibility index (Phi) is 5.95. The van der Waals surface area contributed by atoms with Gasteiger partial charge in [-0.05, 0) is 55.1 Å². The third-order valence-electron chi connectivity index (χ3n) is 6.95. The molecule has 0 radical (unpaired) electrons. The average Bonchev–Trinajstić information content (AvgIpc) is 3.25. The molecule has 0 spiro atoms. The van der Waals surface area contributed by atoms with Crippen molar-refractivity contribution in [1.82, 2.24) is 30.0 Å². The van der Waals surface area contributed by atoms with E-state index in [0.29, 0.717) is 13.1 Å². The van der Waals surface area contributed by atoms with E-state index in [-0.39, 0.29) is 11.8 Å². The predicted octanol–water partition coefficient (Wildman–Crippen LogP) is 0.567. The third-order valence-corrected chi connectivity index (χ3v) is 6.95. The van der Waals surface area contributed by atoms with Crippen molar-refractivity contribution in [3.05, 3.63) is 52.6 Å². The standard InChI is InChI=1S/C23H31N7O2/c1-24-12-18-19-14-28(15-20(18)19)13-16-2-4-17(5-3-16)30-9-6-21(27-23(30)32)26-22(31)29-10-7-25-8-11-29/h2-6,9,18-20,24-25H,7-8,10-15H2,1H3,(H,26,27,31,32). The van der Waals surface area contributed by atoms with E-state index in [0.717, 1.165) is 49.6 Å². The molecule has 1 aromatic heterocycles. The Morgan fingerprint density at radius 1 is 1.12 bits per heavy atom. The first-order valence-electron chi connectivity index (χ1n) is 11.4. The van der Waals surface area contributed by atoms with Gasteiger partial charge in [-0.1, -0.05) is 12.1 Å². The van der Waals surface area contributed by atoms with Gasteiger partial charge in [-0.3, -0.25) is 14.8 Å². The van der Waals surface area contributed by atoms with Gasteiger partial charge in [-0.15, -0.1) is 0 Å². The Hall–Kier alpha value is -2.75. The lowest BCUT2D eigenvalue weighted by Crippen LogP contribution is -2.48. The molecule has 0 bridgehead atoms. The smallest absolute Gasteiger partial charge is 0.322 e. The van der Waals surface area contributed by atoms with Crippen molar-refractivity contribution in [2.24, 2.45) is 17.8 Å². The van der Waals surface area contributed by atoms with E-state index in [1.54, 1.807) is 17.2 Å². The molecule has 1 aliphatic carbocycles. The molecule has 1 saturated carbocycles. The van der Waals surface area contributed by atoms with Crippen LogP contribution in [0.5, 0.6) is 0 Å². The van der Waals surface area contributed by atoms with Gasteiger partial charge < -0.3 is 15.5 Å². The quantitative estimate of drug-likeness (QED) is 0.612. The fraction of sp³-hybridized carbons (Fsp3) is 0.522. The zero-order valence-electron chi connectivity index (χ0n) is 18.5. The van der Waals surface area contributed by atoms with Crippen molar-refractivity contribution >= 4 is 11.8 Å². The largest absolute Gasteiger partial charge is 0.354 e. The van der Waals surface area contributed by atoms with Gasteiger partial charge in [-0.2, -0.15) is 4.98 Å². The van der Waals surface area contributed by atoms with Crippen LogP contribution in [0.15, 0.2) is 41.3 Å². The number of piperazine rings is 1. The summed E-state index contributed by atoms with van der Waals surface area (Å²) < 4.78 is 1.50. The number of anilines is 1. The van der Waals surface area contributed by atoms with Crippen molar-refractivity contribution in [2.75, 3.05) is 58.2 Å². The van der Waals surface area contributed by atoms with Gasteiger partial charge in [0.1, 0.15) is 5.82 Å². The van der Waals surface area contributed by atoms with E-state index in [2.05, 4.69) is 38.0 Å². The van der Waals surface area contributed by atoms with E-state index in [4.69, 9.17) is 0 Å². The summed E-state index contributed by atoms with van der Waals surface area (Å²) in [5.74, 6) is 2.85. The molecule has 1 aromatic carbocycles. The number of rotatable bonds is 6. The Labute approximate surface area is 187 Å². The Morgan fingerprint density at radius 3 is 2.50 bits per heavy atom. The van der Waals surface area contributed by atoms with Crippen LogP contribution in [0.1, 0.15) is 5.56 Å². The SMILES string of the molecule is CNCC1C2CN(Cc3ccc(-n4ccc(NC(=O)N5CCNCC5)nc4=O)cc3)CC12. The molecule has 3 aliphatic rings. The molecule has 2 saturated heterocycles. The van der Waals surface area contributed by atoms with Gasteiger partial charge in [0.25, 0.3) is 0 Å². The molecule has 5 rings (SSSR count). The summed E-state index contributed by atoms with van der Waals surface area (Å²) in [6.07, 6.45) is 1.66. The number of hydrogen-bond donors (Lipinski definition) is 3. The summed E-state index contributed by atoms with van der Waals surface area (Å²) in [5.41, 5.74) is 1.61. The lowest BCUT2D eigenvalue weighted by Gasteiger charge is -2.27. The molecule has 170 valence electrons. The summed E-state index contributed by atoms with van der Waals surface area (Å²) >= 11 is 0. The fourth-order valence-corrected chi connectivity index (χ4v) is 5.15. The first-order chi connectivity index (χ1) is 15.6. The van der Waals surface area contributed by atoms with E-state index in [1.807, 2.05) is 19.2 Å². The van der Waals surface area contributed by atoms with Crippen LogP contribution in [0, 0.1) is 17.8 Å². The van der Waals surface area contributed by atoms with Crippen molar-refractivity contribution in [2.45, 2.75) is 6.54 Å². The molecule has 2 unspecified atom stereocenters. The number of nitrogens with one attached hydrogen (secondary N) is 3. The molecule has 9 heteroatoms. The zero-order chi connectivity index (χ0) is 22.1. The summed E-state index contributed by atoms with van der Waals surface area (Å²) in [6.45, 7) is 7.28. The average molecular weight is 438 g/mol. The molecule has 2 amide bonds. The Balaban J connectivity index is 1.18. The summed E-state index contributed by atoms with van der Waals surface area (Å²) in [6, 6.07) is 9.51. The maximum absolute atomic E-state index is 12.6. The summed E-state index contributed by atoms with van der Waals surface area (Å²) in [7, 11) is 2.03. The van der Waals surface area contributed by atoms with E-state index in [1.165, 1.54) is 23.2 Å². The predicted molar refractivity (Wildman–Crippen MR) is 123 cm³/mol. The Morgan fingerprint density at radius 2 is 1.84 bits per heavy atom. The van der Waals surface area contributed by atoms with Gasteiger partial charge in [-0.25, -0.2) is 9.59 Å². The number of urea groups is 1. The highest BCUT2D eigenvalue weighted by molar-refractivity contribution is 5.88. The first kappa shape index (κ1) is 21.1. The maximum atomic E-state index is 12.6. The number of benzene rings is 1. The summed E-state index contributed by atoms with van der Waals surface area (Å²) in [4.78, 5) is 33.2. The van der Waals surface area contributed by atoms with Gasteiger partial charge >= 0.3 is 11.7 Å². The number of carbonyl (C=O) groups excluding carboxylic acids is 1.